The fourth-order valence-electron chi connectivity index (χ4n) is 2.18. The summed E-state index contributed by atoms with van der Waals surface area (Å²) in [5.74, 6) is -1.51. The number of nitrogens with one attached hydrogen (secondary N) is 2. The molecule has 0 saturated heterocycles. The van der Waals surface area contributed by atoms with Gasteiger partial charge in [0.25, 0.3) is 0 Å². The zero-order valence-electron chi connectivity index (χ0n) is 13.6. The van der Waals surface area contributed by atoms with Crippen LogP contribution < -0.4 is 10.6 Å². The highest BCUT2D eigenvalue weighted by Gasteiger charge is 2.12. The fourth-order valence-corrected chi connectivity index (χ4v) is 2.18. The van der Waals surface area contributed by atoms with E-state index in [2.05, 4.69) is 15.4 Å². The van der Waals surface area contributed by atoms with Gasteiger partial charge < -0.3 is 20.5 Å². The Morgan fingerprint density at radius 1 is 1.04 bits per heavy atom. The number of amides is 2. The van der Waals surface area contributed by atoms with Gasteiger partial charge in [0, 0.05) is 6.54 Å². The minimum absolute atomic E-state index is 0.217. The normalized spacial score (nSPS) is 9.96. The van der Waals surface area contributed by atoms with E-state index >= 15 is 0 Å². The molecule has 0 spiro atoms. The van der Waals surface area contributed by atoms with E-state index in [0.717, 1.165) is 5.56 Å². The minimum Gasteiger partial charge on any atom is -0.478 e. The van der Waals surface area contributed by atoms with Crippen LogP contribution in [0.25, 0.3) is 0 Å². The first kappa shape index (κ1) is 18.0. The molecule has 0 aromatic heterocycles. The molecule has 0 unspecified atom stereocenters. The summed E-state index contributed by atoms with van der Waals surface area (Å²) in [6.45, 7) is 0.360. The van der Waals surface area contributed by atoms with Crippen molar-refractivity contribution in [3.05, 3.63) is 65.2 Å². The molecule has 0 radical (unpaired) electrons. The van der Waals surface area contributed by atoms with E-state index in [9.17, 15) is 14.4 Å². The monoisotopic (exact) mass is 342 g/mol. The van der Waals surface area contributed by atoms with Crippen molar-refractivity contribution in [2.45, 2.75) is 6.42 Å². The number of benzene rings is 2. The zero-order valence-corrected chi connectivity index (χ0v) is 13.6. The molecule has 130 valence electrons. The topological polar surface area (TPSA) is 105 Å². The van der Waals surface area contributed by atoms with Crippen molar-refractivity contribution in [3.63, 3.8) is 0 Å². The van der Waals surface area contributed by atoms with E-state index in [0.29, 0.717) is 18.7 Å². The smallest absolute Gasteiger partial charge is 0.339 e. The van der Waals surface area contributed by atoms with Gasteiger partial charge in [0.05, 0.1) is 23.9 Å². The molecule has 25 heavy (non-hydrogen) atoms. The highest BCUT2D eigenvalue weighted by Crippen LogP contribution is 2.15. The summed E-state index contributed by atoms with van der Waals surface area (Å²) in [5, 5.41) is 14.1. The first-order valence-electron chi connectivity index (χ1n) is 7.55. The average Bonchev–Trinajstić information content (AvgIpc) is 2.62. The van der Waals surface area contributed by atoms with Gasteiger partial charge in [-0.05, 0) is 36.2 Å². The van der Waals surface area contributed by atoms with Crippen molar-refractivity contribution in [2.75, 3.05) is 19.0 Å². The van der Waals surface area contributed by atoms with Gasteiger partial charge >= 0.3 is 18.0 Å². The van der Waals surface area contributed by atoms with E-state index < -0.39 is 18.0 Å². The number of ether oxygens (including phenoxy) is 1. The average molecular weight is 342 g/mol. The molecule has 0 saturated carbocycles. The van der Waals surface area contributed by atoms with Gasteiger partial charge in [0.2, 0.25) is 0 Å². The first-order valence-corrected chi connectivity index (χ1v) is 7.55. The summed E-state index contributed by atoms with van der Waals surface area (Å²) in [5.41, 5.74) is 1.75. The number of hydrogen-bond acceptors (Lipinski definition) is 4. The molecular weight excluding hydrogens is 324 g/mol. The van der Waals surface area contributed by atoms with Gasteiger partial charge in [-0.25, -0.2) is 14.4 Å². The molecule has 0 fully saturated rings. The lowest BCUT2D eigenvalue weighted by atomic mass is 10.1. The van der Waals surface area contributed by atoms with E-state index in [1.165, 1.54) is 19.2 Å². The van der Waals surface area contributed by atoms with Crippen LogP contribution in [-0.4, -0.2) is 36.7 Å². The van der Waals surface area contributed by atoms with Crippen LogP contribution in [0.3, 0.4) is 0 Å². The van der Waals surface area contributed by atoms with Crippen molar-refractivity contribution in [1.82, 2.24) is 5.32 Å². The quantitative estimate of drug-likeness (QED) is 0.700. The first-order chi connectivity index (χ1) is 12.0. The number of aromatic carboxylic acids is 1. The maximum Gasteiger partial charge on any atom is 0.339 e. The molecule has 7 heteroatoms. The SMILES string of the molecule is COC(=O)c1ccccc1NC(=O)NCCc1ccc(C(=O)O)cc1. The molecule has 0 atom stereocenters. The second-order valence-corrected chi connectivity index (χ2v) is 5.17. The third kappa shape index (κ3) is 5.07. The van der Waals surface area contributed by atoms with Crippen LogP contribution in [0.4, 0.5) is 10.5 Å². The van der Waals surface area contributed by atoms with Crippen LogP contribution in [0, 0.1) is 0 Å². The Balaban J connectivity index is 1.87. The third-order valence-corrected chi connectivity index (χ3v) is 3.48. The lowest BCUT2D eigenvalue weighted by Crippen LogP contribution is -2.31. The number of esters is 1. The molecule has 7 nitrogen and oxygen atoms in total. The Kier molecular flexibility index (Phi) is 6.11. The van der Waals surface area contributed by atoms with Crippen molar-refractivity contribution in [1.29, 1.82) is 0 Å². The number of carboxylic acids is 1. The van der Waals surface area contributed by atoms with Crippen molar-refractivity contribution in [3.8, 4) is 0 Å². The van der Waals surface area contributed by atoms with Crippen molar-refractivity contribution < 1.29 is 24.2 Å². The van der Waals surface area contributed by atoms with Crippen molar-refractivity contribution >= 4 is 23.7 Å². The Labute approximate surface area is 144 Å². The van der Waals surface area contributed by atoms with E-state index in [4.69, 9.17) is 5.11 Å². The fraction of sp³-hybridized carbons (Fsp3) is 0.167. The molecule has 3 N–H and O–H groups in total. The minimum atomic E-state index is -0.978. The third-order valence-electron chi connectivity index (χ3n) is 3.48. The molecular formula is C18H18N2O5. The Morgan fingerprint density at radius 3 is 2.36 bits per heavy atom. The molecule has 0 aliphatic carbocycles. The van der Waals surface area contributed by atoms with E-state index in [1.807, 2.05) is 0 Å². The lowest BCUT2D eigenvalue weighted by molar-refractivity contribution is 0.0601. The lowest BCUT2D eigenvalue weighted by Gasteiger charge is -2.11. The second-order valence-electron chi connectivity index (χ2n) is 5.17. The Morgan fingerprint density at radius 2 is 1.72 bits per heavy atom. The molecule has 2 aromatic rings. The number of methoxy groups -OCH3 is 1. The Hall–Kier alpha value is -3.35. The number of para-hydroxylation sites is 1. The predicted molar refractivity (Wildman–Crippen MR) is 91.9 cm³/mol. The standard InChI is InChI=1S/C18H18N2O5/c1-25-17(23)14-4-2-3-5-15(14)20-18(24)19-11-10-12-6-8-13(9-7-12)16(21)22/h2-9H,10-11H2,1H3,(H,21,22)(H2,19,20,24). The van der Waals surface area contributed by atoms with Gasteiger partial charge in [-0.2, -0.15) is 0 Å². The predicted octanol–water partition coefficient (Wildman–Crippen LogP) is 2.54. The van der Waals surface area contributed by atoms with Crippen LogP contribution in [0.2, 0.25) is 0 Å². The number of carbonyl (C=O) groups excluding carboxylic acids is 2. The number of rotatable bonds is 6. The summed E-state index contributed by atoms with van der Waals surface area (Å²) in [7, 11) is 1.27. The zero-order chi connectivity index (χ0) is 18.2. The van der Waals surface area contributed by atoms with Gasteiger partial charge in [-0.15, -0.1) is 0 Å². The summed E-state index contributed by atoms with van der Waals surface area (Å²) in [6, 6.07) is 12.5. The summed E-state index contributed by atoms with van der Waals surface area (Å²) in [4.78, 5) is 34.4. The second kappa shape index (κ2) is 8.49. The van der Waals surface area contributed by atoms with Crippen LogP contribution in [0.1, 0.15) is 26.3 Å². The number of carbonyl (C=O) groups is 3. The molecule has 0 aliphatic rings. The van der Waals surface area contributed by atoms with Gasteiger partial charge in [-0.1, -0.05) is 24.3 Å². The van der Waals surface area contributed by atoms with Crippen molar-refractivity contribution in [2.24, 2.45) is 0 Å². The van der Waals surface area contributed by atoms with E-state index in [1.54, 1.807) is 36.4 Å². The Bertz CT molecular complexity index is 771. The number of anilines is 1. The van der Waals surface area contributed by atoms with Gasteiger partial charge in [0.1, 0.15) is 0 Å². The molecule has 0 aliphatic heterocycles. The summed E-state index contributed by atoms with van der Waals surface area (Å²) >= 11 is 0. The molecule has 0 bridgehead atoms. The molecule has 0 heterocycles. The van der Waals surface area contributed by atoms with Gasteiger partial charge in [0.15, 0.2) is 0 Å². The largest absolute Gasteiger partial charge is 0.478 e. The number of urea groups is 1. The maximum absolute atomic E-state index is 12.0. The molecule has 2 amide bonds. The molecule has 2 aromatic carbocycles. The van der Waals surface area contributed by atoms with Crippen LogP contribution in [0.15, 0.2) is 48.5 Å². The number of carboxylic acid groups (broad SMARTS) is 1. The highest BCUT2D eigenvalue weighted by atomic mass is 16.5. The summed E-state index contributed by atoms with van der Waals surface area (Å²) in [6.07, 6.45) is 0.548. The van der Waals surface area contributed by atoms with Crippen LogP contribution in [0.5, 0.6) is 0 Å². The highest BCUT2D eigenvalue weighted by molar-refractivity contribution is 6.00. The molecule has 2 rings (SSSR count). The van der Waals surface area contributed by atoms with Crippen LogP contribution in [-0.2, 0) is 11.2 Å². The van der Waals surface area contributed by atoms with Gasteiger partial charge in [-0.3, -0.25) is 0 Å². The maximum atomic E-state index is 12.0. The van der Waals surface area contributed by atoms with Crippen LogP contribution >= 0.6 is 0 Å². The number of hydrogen-bond donors (Lipinski definition) is 3. The summed E-state index contributed by atoms with van der Waals surface area (Å²) < 4.78 is 4.67. The van der Waals surface area contributed by atoms with E-state index in [-0.39, 0.29) is 11.1 Å².